The maximum Gasteiger partial charge on any atom is 0.254 e. The van der Waals surface area contributed by atoms with E-state index in [0.29, 0.717) is 5.75 Å². The van der Waals surface area contributed by atoms with E-state index in [0.717, 1.165) is 24.3 Å². The average molecular weight is 269 g/mol. The third-order valence-corrected chi connectivity index (χ3v) is 4.13. The highest BCUT2D eigenvalue weighted by molar-refractivity contribution is 7.99. The highest BCUT2D eigenvalue weighted by Gasteiger charge is 2.19. The Morgan fingerprint density at radius 2 is 2.39 bits per heavy atom. The molecule has 1 unspecified atom stereocenters. The van der Waals surface area contributed by atoms with Gasteiger partial charge in [0.15, 0.2) is 0 Å². The first-order chi connectivity index (χ1) is 8.70. The summed E-state index contributed by atoms with van der Waals surface area (Å²) >= 11 is 1.82. The van der Waals surface area contributed by atoms with Gasteiger partial charge in [0.1, 0.15) is 11.6 Å². The Hall–Kier alpha value is -1.23. The quantitative estimate of drug-likeness (QED) is 0.916. The number of carbonyl (C=O) groups excluding carboxylic acids is 1. The lowest BCUT2D eigenvalue weighted by Gasteiger charge is -2.22. The van der Waals surface area contributed by atoms with Crippen LogP contribution in [0.5, 0.6) is 5.75 Å². The summed E-state index contributed by atoms with van der Waals surface area (Å²) in [5.74, 6) is 1.57. The van der Waals surface area contributed by atoms with Crippen LogP contribution >= 0.6 is 11.8 Å². The van der Waals surface area contributed by atoms with Gasteiger partial charge >= 0.3 is 0 Å². The summed E-state index contributed by atoms with van der Waals surface area (Å²) in [6.45, 7) is 0. The summed E-state index contributed by atoms with van der Waals surface area (Å²) < 4.78 is 18.6. The van der Waals surface area contributed by atoms with Crippen molar-refractivity contribution >= 4 is 17.7 Å². The van der Waals surface area contributed by atoms with Crippen LogP contribution in [0, 0.1) is 5.82 Å². The molecule has 1 N–H and O–H groups in total. The number of benzene rings is 1. The summed E-state index contributed by atoms with van der Waals surface area (Å²) in [7, 11) is 1.47. The molecular formula is C13H16FNO2S. The van der Waals surface area contributed by atoms with Crippen molar-refractivity contribution in [3.63, 3.8) is 0 Å². The average Bonchev–Trinajstić information content (AvgIpc) is 2.39. The van der Waals surface area contributed by atoms with Gasteiger partial charge in [-0.25, -0.2) is 4.39 Å². The van der Waals surface area contributed by atoms with E-state index in [2.05, 4.69) is 5.32 Å². The van der Waals surface area contributed by atoms with Crippen molar-refractivity contribution in [2.75, 3.05) is 18.6 Å². The summed E-state index contributed by atoms with van der Waals surface area (Å²) in [5.41, 5.74) is 0.0753. The van der Waals surface area contributed by atoms with Gasteiger partial charge in [-0.05, 0) is 30.7 Å². The lowest BCUT2D eigenvalue weighted by Crippen LogP contribution is -2.38. The monoisotopic (exact) mass is 269 g/mol. The van der Waals surface area contributed by atoms with Gasteiger partial charge in [-0.2, -0.15) is 11.8 Å². The molecule has 98 valence electrons. The molecule has 1 aromatic carbocycles. The molecule has 1 aromatic rings. The first kappa shape index (κ1) is 13.2. The van der Waals surface area contributed by atoms with Gasteiger partial charge in [0, 0.05) is 17.9 Å². The number of amides is 1. The predicted molar refractivity (Wildman–Crippen MR) is 70.8 cm³/mol. The molecule has 1 aliphatic rings. The van der Waals surface area contributed by atoms with Crippen LogP contribution < -0.4 is 10.1 Å². The largest absolute Gasteiger partial charge is 0.497 e. The minimum atomic E-state index is -0.546. The first-order valence-electron chi connectivity index (χ1n) is 5.93. The van der Waals surface area contributed by atoms with E-state index >= 15 is 0 Å². The first-order valence-corrected chi connectivity index (χ1v) is 7.08. The lowest BCUT2D eigenvalue weighted by atomic mass is 10.1. The third kappa shape index (κ3) is 3.16. The molecule has 0 radical (unpaired) electrons. The van der Waals surface area contributed by atoms with Crippen molar-refractivity contribution in [2.45, 2.75) is 18.9 Å². The second-order valence-corrected chi connectivity index (χ2v) is 5.38. The lowest BCUT2D eigenvalue weighted by molar-refractivity contribution is 0.0934. The maximum absolute atomic E-state index is 13.7. The van der Waals surface area contributed by atoms with Crippen LogP contribution in [0.1, 0.15) is 23.2 Å². The zero-order chi connectivity index (χ0) is 13.0. The number of thioether (sulfide) groups is 1. The molecule has 0 spiro atoms. The Morgan fingerprint density at radius 1 is 1.56 bits per heavy atom. The van der Waals surface area contributed by atoms with Gasteiger partial charge in [-0.15, -0.1) is 0 Å². The molecule has 0 saturated carbocycles. The van der Waals surface area contributed by atoms with Gasteiger partial charge < -0.3 is 10.1 Å². The summed E-state index contributed by atoms with van der Waals surface area (Å²) in [6.07, 6.45) is 2.07. The Labute approximate surface area is 110 Å². The van der Waals surface area contributed by atoms with Crippen molar-refractivity contribution in [3.8, 4) is 5.75 Å². The normalized spacial score (nSPS) is 19.3. The summed E-state index contributed by atoms with van der Waals surface area (Å²) in [5, 5.41) is 2.87. The van der Waals surface area contributed by atoms with Crippen molar-refractivity contribution in [2.24, 2.45) is 0 Å². The fourth-order valence-corrected chi connectivity index (χ4v) is 3.00. The Balaban J connectivity index is 2.03. The molecule has 3 nitrogen and oxygen atoms in total. The Kier molecular flexibility index (Phi) is 4.47. The predicted octanol–water partition coefficient (Wildman–Crippen LogP) is 2.46. The molecule has 1 amide bonds. The van der Waals surface area contributed by atoms with Crippen molar-refractivity contribution in [3.05, 3.63) is 29.6 Å². The van der Waals surface area contributed by atoms with Gasteiger partial charge in [-0.1, -0.05) is 0 Å². The zero-order valence-corrected chi connectivity index (χ0v) is 11.1. The number of nitrogens with one attached hydrogen (secondary N) is 1. The molecule has 5 heteroatoms. The molecule has 1 fully saturated rings. The molecule has 1 saturated heterocycles. The molecule has 0 bridgehead atoms. The van der Waals surface area contributed by atoms with Gasteiger partial charge in [0.25, 0.3) is 5.91 Å². The molecule has 18 heavy (non-hydrogen) atoms. The second kappa shape index (κ2) is 6.09. The minimum Gasteiger partial charge on any atom is -0.497 e. The highest BCUT2D eigenvalue weighted by Crippen LogP contribution is 2.19. The van der Waals surface area contributed by atoms with E-state index in [-0.39, 0.29) is 17.5 Å². The zero-order valence-electron chi connectivity index (χ0n) is 10.2. The van der Waals surface area contributed by atoms with Crippen LogP contribution in [0.4, 0.5) is 4.39 Å². The van der Waals surface area contributed by atoms with E-state index in [1.54, 1.807) is 6.07 Å². The number of rotatable bonds is 3. The standard InChI is InChI=1S/C13H16FNO2S/c1-17-10-4-5-11(12(14)7-10)13(16)15-9-3-2-6-18-8-9/h4-5,7,9H,2-3,6,8H2,1H3,(H,15,16). The minimum absolute atomic E-state index is 0.0753. The fraction of sp³-hybridized carbons (Fsp3) is 0.462. The molecule has 1 atom stereocenters. The summed E-state index contributed by atoms with van der Waals surface area (Å²) in [6, 6.07) is 4.43. The van der Waals surface area contributed by atoms with E-state index in [1.165, 1.54) is 19.2 Å². The number of halogens is 1. The third-order valence-electron chi connectivity index (χ3n) is 2.92. The van der Waals surface area contributed by atoms with E-state index in [9.17, 15) is 9.18 Å². The van der Waals surface area contributed by atoms with Gasteiger partial charge in [0.2, 0.25) is 0 Å². The topological polar surface area (TPSA) is 38.3 Å². The molecule has 2 rings (SSSR count). The molecule has 1 heterocycles. The second-order valence-electron chi connectivity index (χ2n) is 4.23. The van der Waals surface area contributed by atoms with Gasteiger partial charge in [-0.3, -0.25) is 4.79 Å². The SMILES string of the molecule is COc1ccc(C(=O)NC2CCCSC2)c(F)c1. The number of carbonyl (C=O) groups is 1. The highest BCUT2D eigenvalue weighted by atomic mass is 32.2. The Bertz CT molecular complexity index is 433. The fourth-order valence-electron chi connectivity index (χ4n) is 1.92. The van der Waals surface area contributed by atoms with Crippen molar-refractivity contribution in [1.82, 2.24) is 5.32 Å². The van der Waals surface area contributed by atoms with E-state index in [1.807, 2.05) is 11.8 Å². The number of hydrogen-bond donors (Lipinski definition) is 1. The van der Waals surface area contributed by atoms with Crippen LogP contribution in [0.15, 0.2) is 18.2 Å². The molecule has 1 aliphatic heterocycles. The molecular weight excluding hydrogens is 253 g/mol. The van der Waals surface area contributed by atoms with Crippen LogP contribution in [-0.2, 0) is 0 Å². The smallest absolute Gasteiger partial charge is 0.254 e. The summed E-state index contributed by atoms with van der Waals surface area (Å²) in [4.78, 5) is 11.9. The van der Waals surface area contributed by atoms with Gasteiger partial charge in [0.05, 0.1) is 12.7 Å². The Morgan fingerprint density at radius 3 is 3.00 bits per heavy atom. The number of methoxy groups -OCH3 is 1. The maximum atomic E-state index is 13.7. The molecule has 0 aliphatic carbocycles. The molecule has 0 aromatic heterocycles. The van der Waals surface area contributed by atoms with Crippen LogP contribution in [0.2, 0.25) is 0 Å². The van der Waals surface area contributed by atoms with E-state index < -0.39 is 5.82 Å². The van der Waals surface area contributed by atoms with Crippen LogP contribution in [0.3, 0.4) is 0 Å². The number of hydrogen-bond acceptors (Lipinski definition) is 3. The van der Waals surface area contributed by atoms with E-state index in [4.69, 9.17) is 4.74 Å². The van der Waals surface area contributed by atoms with Crippen molar-refractivity contribution < 1.29 is 13.9 Å². The van der Waals surface area contributed by atoms with Crippen molar-refractivity contribution in [1.29, 1.82) is 0 Å². The van der Waals surface area contributed by atoms with Crippen LogP contribution in [0.25, 0.3) is 0 Å². The van der Waals surface area contributed by atoms with Crippen LogP contribution in [-0.4, -0.2) is 30.6 Å². The number of ether oxygens (including phenoxy) is 1.